The van der Waals surface area contributed by atoms with Gasteiger partial charge in [-0.05, 0) is 20.8 Å². The number of esters is 1. The van der Waals surface area contributed by atoms with E-state index < -0.39 is 17.7 Å². The van der Waals surface area contributed by atoms with Gasteiger partial charge in [-0.3, -0.25) is 0 Å². The van der Waals surface area contributed by atoms with Crippen LogP contribution in [0.15, 0.2) is 36.4 Å². The summed E-state index contributed by atoms with van der Waals surface area (Å²) in [7, 11) is 1.32. The molecule has 0 saturated carbocycles. The molecule has 2 aromatic rings. The molecular formula is C27H33ClIN2O7-. The molecule has 1 atom stereocenters. The van der Waals surface area contributed by atoms with Gasteiger partial charge in [-0.1, -0.05) is 0 Å². The van der Waals surface area contributed by atoms with Crippen LogP contribution in [0, 0.1) is 0 Å². The molecule has 1 aliphatic heterocycles. The Balaban J connectivity index is 1.43. The van der Waals surface area contributed by atoms with E-state index in [2.05, 4.69) is 10.6 Å². The molecule has 1 unspecified atom stereocenters. The third-order valence-electron chi connectivity index (χ3n) is 5.18. The standard InChI is InChI=1S/C27H33ClIN2O7/c1-27(2,3)38-26(34)30-8-9-36-10-11-37-19-7-5-6-17(12-19)16-31-24(32)18-13-20(22-15-29-22)23(21(28)14-18)25(33)35-4/h5-7,12-14,22H,8-11,15-16H2,1-4H3,(H,30,34)(H,31,32)/q-1. The van der Waals surface area contributed by atoms with Crippen molar-refractivity contribution in [3.05, 3.63) is 63.7 Å². The molecule has 2 N–H and O–H groups in total. The molecule has 0 aliphatic carbocycles. The van der Waals surface area contributed by atoms with Gasteiger partial charge in [0.1, 0.15) is 5.60 Å². The predicted molar refractivity (Wildman–Crippen MR) is 139 cm³/mol. The van der Waals surface area contributed by atoms with Crippen molar-refractivity contribution in [1.29, 1.82) is 0 Å². The topological polar surface area (TPSA) is 112 Å². The van der Waals surface area contributed by atoms with Crippen molar-refractivity contribution in [2.45, 2.75) is 36.8 Å². The summed E-state index contributed by atoms with van der Waals surface area (Å²) in [5, 5.41) is 5.76. The van der Waals surface area contributed by atoms with Crippen LogP contribution in [0.1, 0.15) is 56.5 Å². The van der Waals surface area contributed by atoms with Gasteiger partial charge in [0.05, 0.1) is 13.2 Å². The molecule has 0 bridgehead atoms. The second-order valence-electron chi connectivity index (χ2n) is 9.41. The summed E-state index contributed by atoms with van der Waals surface area (Å²) in [4.78, 5) is 36.6. The number of nitrogens with one attached hydrogen (secondary N) is 2. The molecule has 11 heteroatoms. The zero-order chi connectivity index (χ0) is 27.7. The van der Waals surface area contributed by atoms with Crippen LogP contribution in [0.25, 0.3) is 0 Å². The summed E-state index contributed by atoms with van der Waals surface area (Å²) < 4.78 is 22.6. The van der Waals surface area contributed by atoms with E-state index in [0.29, 0.717) is 53.7 Å². The van der Waals surface area contributed by atoms with E-state index in [1.807, 2.05) is 24.3 Å². The number of hydrogen-bond donors (Lipinski definition) is 2. The maximum atomic E-state index is 12.8. The SMILES string of the molecule is COC(=O)c1c(Cl)cc(C(=O)NCc2cccc(OCCOCCNC(=O)OC(C)(C)C)c2)cc1C1C[I-]1. The number of alkyl carbamates (subject to hydrolysis) is 1. The Morgan fingerprint density at radius 3 is 2.53 bits per heavy atom. The van der Waals surface area contributed by atoms with E-state index in [4.69, 9.17) is 30.5 Å². The van der Waals surface area contributed by atoms with Crippen LogP contribution in [0.3, 0.4) is 0 Å². The number of halogens is 2. The monoisotopic (exact) mass is 659 g/mol. The second kappa shape index (κ2) is 14.0. The summed E-state index contributed by atoms with van der Waals surface area (Å²) in [6.45, 7) is 7.06. The average Bonchev–Trinajstić information content (AvgIpc) is 3.70. The number of ether oxygens (including phenoxy) is 4. The molecule has 2 amide bonds. The Labute approximate surface area is 238 Å². The number of carbonyl (C=O) groups is 3. The van der Waals surface area contributed by atoms with Gasteiger partial charge >= 0.3 is 173 Å². The minimum absolute atomic E-state index is 0.00718. The summed E-state index contributed by atoms with van der Waals surface area (Å²) in [6.07, 6.45) is -0.479. The molecule has 1 saturated heterocycles. The van der Waals surface area contributed by atoms with Gasteiger partial charge < -0.3 is 14.8 Å². The van der Waals surface area contributed by atoms with E-state index in [1.54, 1.807) is 26.8 Å². The van der Waals surface area contributed by atoms with E-state index in [9.17, 15) is 14.4 Å². The number of carbonyl (C=O) groups excluding carboxylic acids is 3. The zero-order valence-electron chi connectivity index (χ0n) is 21.9. The molecule has 1 aliphatic rings. The number of amides is 2. The van der Waals surface area contributed by atoms with E-state index in [1.165, 1.54) is 13.2 Å². The van der Waals surface area contributed by atoms with Gasteiger partial charge in [0, 0.05) is 6.54 Å². The Morgan fingerprint density at radius 1 is 1.08 bits per heavy atom. The van der Waals surface area contributed by atoms with Gasteiger partial charge in [-0.15, -0.1) is 0 Å². The average molecular weight is 660 g/mol. The van der Waals surface area contributed by atoms with Crippen LogP contribution in [0.4, 0.5) is 4.79 Å². The van der Waals surface area contributed by atoms with E-state index in [0.717, 1.165) is 15.6 Å². The van der Waals surface area contributed by atoms with Crippen LogP contribution in [0.5, 0.6) is 5.75 Å². The summed E-state index contributed by atoms with van der Waals surface area (Å²) in [5.41, 5.74) is 1.91. The molecule has 2 aromatic carbocycles. The molecule has 9 nitrogen and oxygen atoms in total. The van der Waals surface area contributed by atoms with Gasteiger partial charge in [-0.2, -0.15) is 0 Å². The molecule has 3 rings (SSSR count). The van der Waals surface area contributed by atoms with Gasteiger partial charge in [0.25, 0.3) is 0 Å². The molecule has 0 aromatic heterocycles. The van der Waals surface area contributed by atoms with Gasteiger partial charge in [0.2, 0.25) is 0 Å². The van der Waals surface area contributed by atoms with Crippen LogP contribution < -0.4 is 36.6 Å². The van der Waals surface area contributed by atoms with E-state index >= 15 is 0 Å². The molecule has 1 fully saturated rings. The van der Waals surface area contributed by atoms with Gasteiger partial charge in [-0.25, -0.2) is 4.79 Å². The van der Waals surface area contributed by atoms with Crippen LogP contribution in [-0.4, -0.2) is 61.5 Å². The summed E-state index contributed by atoms with van der Waals surface area (Å²) in [6, 6.07) is 10.7. The fourth-order valence-electron chi connectivity index (χ4n) is 3.42. The molecule has 0 radical (unpaired) electrons. The molecule has 1 heterocycles. The van der Waals surface area contributed by atoms with Gasteiger partial charge in [0.15, 0.2) is 0 Å². The molecule has 208 valence electrons. The molecule has 38 heavy (non-hydrogen) atoms. The minimum atomic E-state index is -0.540. The number of alkyl halides is 2. The first-order valence-corrected chi connectivity index (χ1v) is 15.3. The Bertz CT molecular complexity index is 1150. The van der Waals surface area contributed by atoms with Crippen molar-refractivity contribution in [1.82, 2.24) is 10.6 Å². The number of hydrogen-bond acceptors (Lipinski definition) is 7. The Kier molecular flexibility index (Phi) is 11.0. The van der Waals surface area contributed by atoms with Crippen molar-refractivity contribution in [2.24, 2.45) is 0 Å². The summed E-state index contributed by atoms with van der Waals surface area (Å²) >= 11 is 6.36. The first kappa shape index (κ1) is 30.0. The van der Waals surface area contributed by atoms with Crippen LogP contribution in [-0.2, 0) is 20.8 Å². The molecule has 0 spiro atoms. The predicted octanol–water partition coefficient (Wildman–Crippen LogP) is 1.12. The third kappa shape index (κ3) is 9.63. The van der Waals surface area contributed by atoms with Crippen molar-refractivity contribution in [3.8, 4) is 5.75 Å². The quantitative estimate of drug-likeness (QED) is 0.152. The zero-order valence-corrected chi connectivity index (χ0v) is 24.8. The first-order chi connectivity index (χ1) is 18.1. The van der Waals surface area contributed by atoms with Crippen molar-refractivity contribution in [3.63, 3.8) is 0 Å². The third-order valence-corrected chi connectivity index (χ3v) is 7.91. The normalized spacial score (nSPS) is 14.6. The fourth-order valence-corrected chi connectivity index (χ4v) is 5.42. The Morgan fingerprint density at radius 2 is 1.84 bits per heavy atom. The first-order valence-electron chi connectivity index (χ1n) is 12.1. The number of benzene rings is 2. The summed E-state index contributed by atoms with van der Waals surface area (Å²) in [5.74, 6) is -0.103. The van der Waals surface area contributed by atoms with Crippen molar-refractivity contribution in [2.75, 3.05) is 37.9 Å². The Hall–Kier alpha value is -2.57. The van der Waals surface area contributed by atoms with Crippen LogP contribution in [0.2, 0.25) is 5.02 Å². The van der Waals surface area contributed by atoms with Crippen molar-refractivity contribution < 1.29 is 54.5 Å². The van der Waals surface area contributed by atoms with E-state index in [-0.39, 0.29) is 32.1 Å². The maximum absolute atomic E-state index is 12.8. The number of rotatable bonds is 12. The van der Waals surface area contributed by atoms with Crippen LogP contribution >= 0.6 is 11.6 Å². The fraction of sp³-hybridized carbons (Fsp3) is 0.444. The molecular weight excluding hydrogens is 627 g/mol. The van der Waals surface area contributed by atoms with Crippen molar-refractivity contribution >= 4 is 29.6 Å². The number of methoxy groups -OCH3 is 1. The second-order valence-corrected chi connectivity index (χ2v) is 13.1.